The minimum atomic E-state index is 0.112. The van der Waals surface area contributed by atoms with Gasteiger partial charge in [0, 0.05) is 19.6 Å². The molecule has 1 N–H and O–H groups in total. The van der Waals surface area contributed by atoms with E-state index < -0.39 is 0 Å². The lowest BCUT2D eigenvalue weighted by Gasteiger charge is -2.23. The molecule has 2 atom stereocenters. The number of fused-ring (bicyclic) bond motifs is 2. The number of benzene rings is 1. The Labute approximate surface area is 136 Å². The van der Waals surface area contributed by atoms with Gasteiger partial charge >= 0.3 is 0 Å². The maximum absolute atomic E-state index is 12.2. The molecule has 0 spiro atoms. The Kier molecular flexibility index (Phi) is 4.12. The zero-order chi connectivity index (χ0) is 15.6. The molecule has 2 unspecified atom stereocenters. The number of hydrogen-bond donors (Lipinski definition) is 1. The van der Waals surface area contributed by atoms with E-state index in [1.807, 2.05) is 18.2 Å². The first-order valence-electron chi connectivity index (χ1n) is 8.65. The topological polar surface area (TPSA) is 50.8 Å². The van der Waals surface area contributed by atoms with Gasteiger partial charge in [-0.15, -0.1) is 0 Å². The summed E-state index contributed by atoms with van der Waals surface area (Å²) in [6, 6.07) is 5.81. The normalized spacial score (nSPS) is 26.1. The van der Waals surface area contributed by atoms with E-state index in [0.717, 1.165) is 42.0 Å². The van der Waals surface area contributed by atoms with Crippen molar-refractivity contribution in [3.63, 3.8) is 0 Å². The molecule has 2 heterocycles. The summed E-state index contributed by atoms with van der Waals surface area (Å²) in [6.07, 6.45) is 5.43. The van der Waals surface area contributed by atoms with Crippen LogP contribution in [0.1, 0.15) is 31.2 Å². The summed E-state index contributed by atoms with van der Waals surface area (Å²) < 4.78 is 10.7. The van der Waals surface area contributed by atoms with Gasteiger partial charge in [0.1, 0.15) is 0 Å². The van der Waals surface area contributed by atoms with E-state index >= 15 is 0 Å². The lowest BCUT2D eigenvalue weighted by Crippen LogP contribution is -2.35. The fourth-order valence-electron chi connectivity index (χ4n) is 4.14. The SMILES string of the molecule is O=C(CN1CC2CCCCC2C1)NCc1ccc2c(c1)OCO2. The van der Waals surface area contributed by atoms with Crippen LogP contribution in [-0.4, -0.2) is 37.2 Å². The minimum absolute atomic E-state index is 0.112. The number of nitrogens with one attached hydrogen (secondary N) is 1. The van der Waals surface area contributed by atoms with Crippen molar-refractivity contribution in [2.24, 2.45) is 11.8 Å². The molecule has 4 rings (SSSR count). The highest BCUT2D eigenvalue weighted by Crippen LogP contribution is 2.35. The largest absolute Gasteiger partial charge is 0.454 e. The van der Waals surface area contributed by atoms with Crippen LogP contribution in [0.4, 0.5) is 0 Å². The monoisotopic (exact) mass is 316 g/mol. The summed E-state index contributed by atoms with van der Waals surface area (Å²) >= 11 is 0. The number of carbonyl (C=O) groups excluding carboxylic acids is 1. The van der Waals surface area contributed by atoms with E-state index in [4.69, 9.17) is 9.47 Å². The van der Waals surface area contributed by atoms with Crippen LogP contribution in [-0.2, 0) is 11.3 Å². The smallest absolute Gasteiger partial charge is 0.234 e. The predicted molar refractivity (Wildman–Crippen MR) is 86.3 cm³/mol. The van der Waals surface area contributed by atoms with Gasteiger partial charge in [-0.3, -0.25) is 9.69 Å². The van der Waals surface area contributed by atoms with Gasteiger partial charge in [-0.05, 0) is 42.4 Å². The average molecular weight is 316 g/mol. The van der Waals surface area contributed by atoms with E-state index in [9.17, 15) is 4.79 Å². The summed E-state index contributed by atoms with van der Waals surface area (Å²) in [4.78, 5) is 14.5. The van der Waals surface area contributed by atoms with Crippen LogP contribution in [0.25, 0.3) is 0 Å². The first-order valence-corrected chi connectivity index (χ1v) is 8.65. The standard InChI is InChI=1S/C18H24N2O3/c21-18(11-20-9-14-3-1-2-4-15(14)10-20)19-8-13-5-6-16-17(7-13)23-12-22-16/h5-7,14-15H,1-4,8-12H2,(H,19,21). The Balaban J connectivity index is 1.26. The number of amides is 1. The molecule has 1 amide bonds. The van der Waals surface area contributed by atoms with Gasteiger partial charge in [-0.1, -0.05) is 18.9 Å². The van der Waals surface area contributed by atoms with Crippen LogP contribution < -0.4 is 14.8 Å². The Morgan fingerprint density at radius 1 is 1.13 bits per heavy atom. The number of carbonyl (C=O) groups is 1. The van der Waals surface area contributed by atoms with E-state index in [1.54, 1.807) is 0 Å². The van der Waals surface area contributed by atoms with Gasteiger partial charge in [-0.2, -0.15) is 0 Å². The number of ether oxygens (including phenoxy) is 2. The molecule has 5 nitrogen and oxygen atoms in total. The molecule has 0 radical (unpaired) electrons. The van der Waals surface area contributed by atoms with Crippen molar-refractivity contribution in [3.8, 4) is 11.5 Å². The number of hydrogen-bond acceptors (Lipinski definition) is 4. The van der Waals surface area contributed by atoms with Crippen molar-refractivity contribution in [2.75, 3.05) is 26.4 Å². The fourth-order valence-corrected chi connectivity index (χ4v) is 4.14. The highest BCUT2D eigenvalue weighted by atomic mass is 16.7. The summed E-state index contributed by atoms with van der Waals surface area (Å²) in [7, 11) is 0. The highest BCUT2D eigenvalue weighted by Gasteiger charge is 2.34. The summed E-state index contributed by atoms with van der Waals surface area (Å²) in [5.41, 5.74) is 1.04. The van der Waals surface area contributed by atoms with Gasteiger partial charge in [0.25, 0.3) is 0 Å². The third-order valence-corrected chi connectivity index (χ3v) is 5.35. The third-order valence-electron chi connectivity index (χ3n) is 5.35. The minimum Gasteiger partial charge on any atom is -0.454 e. The molecule has 0 aromatic heterocycles. The maximum Gasteiger partial charge on any atom is 0.234 e. The summed E-state index contributed by atoms with van der Waals surface area (Å²) in [6.45, 7) is 3.54. The van der Waals surface area contributed by atoms with Gasteiger partial charge in [0.2, 0.25) is 12.7 Å². The van der Waals surface area contributed by atoms with Gasteiger partial charge < -0.3 is 14.8 Å². The quantitative estimate of drug-likeness (QED) is 0.925. The van der Waals surface area contributed by atoms with Crippen LogP contribution in [0.2, 0.25) is 0 Å². The van der Waals surface area contributed by atoms with E-state index in [-0.39, 0.29) is 12.7 Å². The zero-order valence-electron chi connectivity index (χ0n) is 13.4. The molecule has 2 aliphatic heterocycles. The molecule has 124 valence electrons. The molecule has 23 heavy (non-hydrogen) atoms. The molecular weight excluding hydrogens is 292 g/mol. The lowest BCUT2D eigenvalue weighted by molar-refractivity contribution is -0.122. The van der Waals surface area contributed by atoms with Crippen molar-refractivity contribution in [2.45, 2.75) is 32.2 Å². The zero-order valence-corrected chi connectivity index (χ0v) is 13.4. The summed E-state index contributed by atoms with van der Waals surface area (Å²) in [5, 5.41) is 3.02. The second-order valence-electron chi connectivity index (χ2n) is 6.96. The third kappa shape index (κ3) is 3.29. The van der Waals surface area contributed by atoms with Crippen molar-refractivity contribution >= 4 is 5.91 Å². The van der Waals surface area contributed by atoms with Gasteiger partial charge in [0.15, 0.2) is 11.5 Å². The molecule has 1 aromatic rings. The van der Waals surface area contributed by atoms with E-state index in [2.05, 4.69) is 10.2 Å². The van der Waals surface area contributed by atoms with Gasteiger partial charge in [0.05, 0.1) is 6.54 Å². The Morgan fingerprint density at radius 3 is 2.65 bits per heavy atom. The van der Waals surface area contributed by atoms with Crippen molar-refractivity contribution in [1.82, 2.24) is 10.2 Å². The molecule has 3 aliphatic rings. The average Bonchev–Trinajstić information content (AvgIpc) is 3.18. The van der Waals surface area contributed by atoms with Crippen molar-refractivity contribution in [1.29, 1.82) is 0 Å². The van der Waals surface area contributed by atoms with Crippen LogP contribution in [0.5, 0.6) is 11.5 Å². The highest BCUT2D eigenvalue weighted by molar-refractivity contribution is 5.78. The van der Waals surface area contributed by atoms with E-state index in [1.165, 1.54) is 25.7 Å². The molecule has 1 aliphatic carbocycles. The molecule has 1 aromatic carbocycles. The number of likely N-dealkylation sites (tertiary alicyclic amines) is 1. The van der Waals surface area contributed by atoms with Gasteiger partial charge in [-0.25, -0.2) is 0 Å². The molecule has 5 heteroatoms. The molecule has 2 fully saturated rings. The summed E-state index contributed by atoms with van der Waals surface area (Å²) in [5.74, 6) is 3.30. The van der Waals surface area contributed by atoms with Crippen LogP contribution in [0.3, 0.4) is 0 Å². The lowest BCUT2D eigenvalue weighted by atomic mass is 9.82. The second kappa shape index (κ2) is 6.40. The first kappa shape index (κ1) is 14.8. The predicted octanol–water partition coefficient (Wildman–Crippen LogP) is 2.15. The fraction of sp³-hybridized carbons (Fsp3) is 0.611. The van der Waals surface area contributed by atoms with Crippen LogP contribution >= 0.6 is 0 Å². The van der Waals surface area contributed by atoms with Crippen LogP contribution in [0.15, 0.2) is 18.2 Å². The number of rotatable bonds is 4. The van der Waals surface area contributed by atoms with Crippen molar-refractivity contribution < 1.29 is 14.3 Å². The van der Waals surface area contributed by atoms with E-state index in [0.29, 0.717) is 13.1 Å². The molecule has 1 saturated carbocycles. The Bertz CT molecular complexity index is 576. The van der Waals surface area contributed by atoms with Crippen LogP contribution in [0, 0.1) is 11.8 Å². The molecule has 0 bridgehead atoms. The second-order valence-corrected chi connectivity index (χ2v) is 6.96. The first-order chi connectivity index (χ1) is 11.3. The maximum atomic E-state index is 12.2. The molecular formula is C18H24N2O3. The molecule has 1 saturated heterocycles. The number of nitrogens with zero attached hydrogens (tertiary/aromatic N) is 1. The Hall–Kier alpha value is -1.75. The Morgan fingerprint density at radius 2 is 1.87 bits per heavy atom. The van der Waals surface area contributed by atoms with Crippen molar-refractivity contribution in [3.05, 3.63) is 23.8 Å².